The average molecular weight is 317 g/mol. The number of nitrogens with zero attached hydrogens (tertiary/aromatic N) is 2. The molecule has 2 aromatic heterocycles. The maximum Gasteiger partial charge on any atom is 0.419 e. The summed E-state index contributed by atoms with van der Waals surface area (Å²) < 4.78 is 28.9. The second kappa shape index (κ2) is 4.75. The molecule has 0 saturated heterocycles. The van der Waals surface area contributed by atoms with Gasteiger partial charge in [0.05, 0.1) is 11.7 Å². The summed E-state index contributed by atoms with van der Waals surface area (Å²) in [5.74, 6) is 0. The quantitative estimate of drug-likeness (QED) is 0.756. The topological polar surface area (TPSA) is 78.3 Å². The summed E-state index contributed by atoms with van der Waals surface area (Å²) >= 11 is 0. The lowest BCUT2D eigenvalue weighted by Crippen LogP contribution is -2.26. The molecule has 8 heteroatoms. The summed E-state index contributed by atoms with van der Waals surface area (Å²) in [6.45, 7) is 5.27. The monoisotopic (exact) mass is 316 g/mol. The van der Waals surface area contributed by atoms with Gasteiger partial charge in [-0.2, -0.15) is 0 Å². The lowest BCUT2D eigenvalue weighted by Gasteiger charge is -2.19. The van der Waals surface area contributed by atoms with Gasteiger partial charge in [0.1, 0.15) is 5.60 Å². The summed E-state index contributed by atoms with van der Waals surface area (Å²) in [4.78, 5) is 15.7. The van der Waals surface area contributed by atoms with E-state index in [2.05, 4.69) is 4.98 Å². The van der Waals surface area contributed by atoms with Gasteiger partial charge in [-0.05, 0) is 32.9 Å². The van der Waals surface area contributed by atoms with E-state index >= 15 is 0 Å². The minimum absolute atomic E-state index is 0.256. The van der Waals surface area contributed by atoms with E-state index < -0.39 is 20.7 Å². The van der Waals surface area contributed by atoms with Crippen molar-refractivity contribution < 1.29 is 17.9 Å². The van der Waals surface area contributed by atoms with Crippen LogP contribution in [0.15, 0.2) is 29.6 Å². The summed E-state index contributed by atoms with van der Waals surface area (Å²) in [6.07, 6.45) is 2.20. The van der Waals surface area contributed by atoms with Crippen LogP contribution in [0.3, 0.4) is 0 Å². The van der Waals surface area contributed by atoms with E-state index in [0.29, 0.717) is 10.9 Å². The van der Waals surface area contributed by atoms with Gasteiger partial charge in [-0.1, -0.05) is 0 Å². The second-order valence-corrected chi connectivity index (χ2v) is 7.70. The molecule has 0 aliphatic heterocycles. The van der Waals surface area contributed by atoms with E-state index in [0.717, 1.165) is 0 Å². The van der Waals surface area contributed by atoms with Gasteiger partial charge < -0.3 is 4.74 Å². The third-order valence-electron chi connectivity index (χ3n) is 2.39. The summed E-state index contributed by atoms with van der Waals surface area (Å²) in [5, 5.41) is 0.277. The van der Waals surface area contributed by atoms with Crippen molar-refractivity contribution in [2.24, 2.45) is 0 Å². The maximum atomic E-state index is 12.0. The number of ether oxygens (including phenoxy) is 1. The molecule has 2 aromatic rings. The first kappa shape index (κ1) is 14.8. The highest BCUT2D eigenvalue weighted by Gasteiger charge is 2.20. The van der Waals surface area contributed by atoms with Crippen LogP contribution >= 0.6 is 10.7 Å². The van der Waals surface area contributed by atoms with E-state index in [1.54, 1.807) is 26.8 Å². The minimum Gasteiger partial charge on any atom is -0.443 e. The summed E-state index contributed by atoms with van der Waals surface area (Å²) in [5.41, 5.74) is -0.177. The van der Waals surface area contributed by atoms with Crippen molar-refractivity contribution in [3.05, 3.63) is 24.5 Å². The number of halogens is 1. The van der Waals surface area contributed by atoms with Gasteiger partial charge in [0.2, 0.25) is 0 Å². The number of fused-ring (bicyclic) bond motifs is 1. The van der Waals surface area contributed by atoms with Crippen LogP contribution in [-0.2, 0) is 13.8 Å². The lowest BCUT2D eigenvalue weighted by atomic mass is 10.2. The normalized spacial score (nSPS) is 12.6. The van der Waals surface area contributed by atoms with E-state index in [-0.39, 0.29) is 5.03 Å². The molecule has 0 N–H and O–H groups in total. The predicted octanol–water partition coefficient (Wildman–Crippen LogP) is 2.75. The molecule has 0 aliphatic carbocycles. The molecule has 0 unspecified atom stereocenters. The highest BCUT2D eigenvalue weighted by molar-refractivity contribution is 8.13. The van der Waals surface area contributed by atoms with Crippen LogP contribution in [0.5, 0.6) is 0 Å². The molecule has 108 valence electrons. The summed E-state index contributed by atoms with van der Waals surface area (Å²) in [6, 6.07) is 2.89. The highest BCUT2D eigenvalue weighted by atomic mass is 35.7. The number of carbonyl (C=O) groups is 1. The molecule has 20 heavy (non-hydrogen) atoms. The van der Waals surface area contributed by atoms with Crippen molar-refractivity contribution in [2.45, 2.75) is 31.4 Å². The Morgan fingerprint density at radius 1 is 1.40 bits per heavy atom. The van der Waals surface area contributed by atoms with Crippen LogP contribution in [0, 0.1) is 0 Å². The maximum absolute atomic E-state index is 12.0. The molecule has 0 spiro atoms. The van der Waals surface area contributed by atoms with E-state index in [1.807, 2.05) is 0 Å². The molecule has 2 heterocycles. The van der Waals surface area contributed by atoms with Crippen molar-refractivity contribution in [2.75, 3.05) is 0 Å². The number of hydrogen-bond acceptors (Lipinski definition) is 5. The zero-order chi connectivity index (χ0) is 15.1. The SMILES string of the molecule is CC(C)(C)OC(=O)n1ccc2cc(S(=O)(=O)Cl)ncc21. The average Bonchev–Trinajstić information content (AvgIpc) is 2.67. The first-order valence-electron chi connectivity index (χ1n) is 5.73. The van der Waals surface area contributed by atoms with E-state index in [1.165, 1.54) is 23.0 Å². The Morgan fingerprint density at radius 3 is 2.60 bits per heavy atom. The number of hydrogen-bond donors (Lipinski definition) is 0. The van der Waals surface area contributed by atoms with Crippen molar-refractivity contribution in [1.29, 1.82) is 0 Å². The molecular formula is C12H13ClN2O4S. The third-order valence-corrected chi connectivity index (χ3v) is 3.59. The smallest absolute Gasteiger partial charge is 0.419 e. The zero-order valence-electron chi connectivity index (χ0n) is 11.1. The molecule has 0 aliphatic rings. The molecule has 0 amide bonds. The Hall–Kier alpha value is -1.60. The fraction of sp³-hybridized carbons (Fsp3) is 0.333. The van der Waals surface area contributed by atoms with Gasteiger partial charge in [-0.25, -0.2) is 18.2 Å². The van der Waals surface area contributed by atoms with Gasteiger partial charge in [-0.3, -0.25) is 4.57 Å². The number of rotatable bonds is 1. The Kier molecular flexibility index (Phi) is 3.51. The van der Waals surface area contributed by atoms with Gasteiger partial charge in [0, 0.05) is 22.3 Å². The fourth-order valence-corrected chi connectivity index (χ4v) is 2.32. The second-order valence-electron chi connectivity index (χ2n) is 5.19. The molecule has 0 bridgehead atoms. The molecule has 0 radical (unpaired) electrons. The van der Waals surface area contributed by atoms with Crippen LogP contribution in [-0.4, -0.2) is 29.7 Å². The van der Waals surface area contributed by atoms with Gasteiger partial charge >= 0.3 is 6.09 Å². The number of carbonyl (C=O) groups excluding carboxylic acids is 1. The first-order valence-corrected chi connectivity index (χ1v) is 8.04. The molecule has 6 nitrogen and oxygen atoms in total. The third kappa shape index (κ3) is 3.10. The molecule has 0 aromatic carbocycles. The van der Waals surface area contributed by atoms with Gasteiger partial charge in [-0.15, -0.1) is 0 Å². The largest absolute Gasteiger partial charge is 0.443 e. The van der Waals surface area contributed by atoms with Crippen molar-refractivity contribution in [1.82, 2.24) is 9.55 Å². The van der Waals surface area contributed by atoms with E-state index in [9.17, 15) is 13.2 Å². The van der Waals surface area contributed by atoms with Crippen LogP contribution < -0.4 is 0 Å². The van der Waals surface area contributed by atoms with Crippen molar-refractivity contribution in [3.63, 3.8) is 0 Å². The van der Waals surface area contributed by atoms with Crippen molar-refractivity contribution >= 4 is 36.7 Å². The standard InChI is InChI=1S/C12H13ClN2O4S/c1-12(2,3)19-11(16)15-5-4-8-6-10(20(13,17)18)14-7-9(8)15/h4-7H,1-3H3. The highest BCUT2D eigenvalue weighted by Crippen LogP contribution is 2.21. The van der Waals surface area contributed by atoms with Crippen LogP contribution in [0.25, 0.3) is 10.9 Å². The van der Waals surface area contributed by atoms with Gasteiger partial charge in [0.15, 0.2) is 5.03 Å². The van der Waals surface area contributed by atoms with Gasteiger partial charge in [0.25, 0.3) is 9.05 Å². The number of aromatic nitrogens is 2. The summed E-state index contributed by atoms with van der Waals surface area (Å²) in [7, 11) is 1.33. The molecule has 2 rings (SSSR count). The molecule has 0 atom stereocenters. The Bertz CT molecular complexity index is 774. The number of pyridine rings is 1. The van der Waals surface area contributed by atoms with Crippen LogP contribution in [0.1, 0.15) is 20.8 Å². The van der Waals surface area contributed by atoms with Crippen molar-refractivity contribution in [3.8, 4) is 0 Å². The van der Waals surface area contributed by atoms with Crippen LogP contribution in [0.4, 0.5) is 4.79 Å². The van der Waals surface area contributed by atoms with E-state index in [4.69, 9.17) is 15.4 Å². The zero-order valence-corrected chi connectivity index (χ0v) is 12.7. The minimum atomic E-state index is -3.90. The lowest BCUT2D eigenvalue weighted by molar-refractivity contribution is 0.0544. The Balaban J connectivity index is 2.46. The van der Waals surface area contributed by atoms with Crippen LogP contribution in [0.2, 0.25) is 0 Å². The first-order chi connectivity index (χ1) is 9.08. The Morgan fingerprint density at radius 2 is 2.05 bits per heavy atom. The predicted molar refractivity (Wildman–Crippen MR) is 74.4 cm³/mol. The molecular weight excluding hydrogens is 304 g/mol. The Labute approximate surface area is 120 Å². The fourth-order valence-electron chi connectivity index (χ4n) is 1.62. The molecule has 0 fully saturated rings. The molecule has 0 saturated carbocycles.